The first kappa shape index (κ1) is 14.9. The van der Waals surface area contributed by atoms with Crippen LogP contribution in [0.1, 0.15) is 62.6 Å². The zero-order valence-electron chi connectivity index (χ0n) is 12.8. The Morgan fingerprint density at radius 2 is 1.90 bits per heavy atom. The van der Waals surface area contributed by atoms with Gasteiger partial charge in [0.15, 0.2) is 5.69 Å². The maximum absolute atomic E-state index is 12.5. The van der Waals surface area contributed by atoms with Gasteiger partial charge in [-0.25, -0.2) is 0 Å². The Morgan fingerprint density at radius 1 is 1.30 bits per heavy atom. The molecule has 0 aliphatic carbocycles. The molecule has 0 saturated carbocycles. The van der Waals surface area contributed by atoms with Crippen LogP contribution in [0.5, 0.6) is 0 Å². The van der Waals surface area contributed by atoms with Gasteiger partial charge >= 0.3 is 0 Å². The maximum atomic E-state index is 12.5. The third-order valence-corrected chi connectivity index (χ3v) is 5.05. The second kappa shape index (κ2) is 5.85. The van der Waals surface area contributed by atoms with E-state index in [1.54, 1.807) is 0 Å². The minimum absolute atomic E-state index is 0.0285. The lowest BCUT2D eigenvalue weighted by molar-refractivity contribution is 0.0553. The van der Waals surface area contributed by atoms with Crippen molar-refractivity contribution in [1.29, 1.82) is 0 Å². The van der Waals surface area contributed by atoms with Crippen LogP contribution in [0.25, 0.3) is 0 Å². The molecular weight excluding hydrogens is 252 g/mol. The number of nitrogen functional groups attached to an aromatic ring is 1. The molecule has 0 atom stereocenters. The van der Waals surface area contributed by atoms with Gasteiger partial charge in [0.1, 0.15) is 0 Å². The topological polar surface area (TPSA) is 75.0 Å². The number of aromatic amines is 1. The van der Waals surface area contributed by atoms with Crippen molar-refractivity contribution in [3.8, 4) is 0 Å². The van der Waals surface area contributed by atoms with E-state index in [1.807, 2.05) is 11.8 Å². The van der Waals surface area contributed by atoms with E-state index in [1.165, 1.54) is 12.8 Å². The van der Waals surface area contributed by atoms with Crippen molar-refractivity contribution in [1.82, 2.24) is 15.1 Å². The Kier molecular flexibility index (Phi) is 4.35. The van der Waals surface area contributed by atoms with Crippen LogP contribution >= 0.6 is 0 Å². The van der Waals surface area contributed by atoms with Gasteiger partial charge in [-0.3, -0.25) is 9.89 Å². The number of hydrogen-bond donors (Lipinski definition) is 2. The van der Waals surface area contributed by atoms with Gasteiger partial charge in [-0.2, -0.15) is 5.10 Å². The molecule has 0 unspecified atom stereocenters. The molecule has 1 aromatic rings. The summed E-state index contributed by atoms with van der Waals surface area (Å²) in [5.41, 5.74) is 8.16. The first-order chi connectivity index (χ1) is 9.56. The molecule has 1 aromatic heterocycles. The summed E-state index contributed by atoms with van der Waals surface area (Å²) in [5, 5.41) is 6.96. The lowest BCUT2D eigenvalue weighted by atomic mass is 9.74. The molecule has 20 heavy (non-hydrogen) atoms. The number of piperidine rings is 1. The molecule has 0 spiro atoms. The molecule has 1 saturated heterocycles. The number of anilines is 1. The van der Waals surface area contributed by atoms with E-state index in [0.717, 1.165) is 38.0 Å². The summed E-state index contributed by atoms with van der Waals surface area (Å²) in [6.45, 7) is 8.12. The minimum Gasteiger partial charge on any atom is -0.395 e. The van der Waals surface area contributed by atoms with Crippen molar-refractivity contribution in [2.24, 2.45) is 5.41 Å². The van der Waals surface area contributed by atoms with Crippen molar-refractivity contribution in [2.75, 3.05) is 18.8 Å². The van der Waals surface area contributed by atoms with Gasteiger partial charge in [0, 0.05) is 13.1 Å². The Hall–Kier alpha value is -1.52. The molecule has 112 valence electrons. The molecule has 0 bridgehead atoms. The summed E-state index contributed by atoms with van der Waals surface area (Å²) in [6.07, 6.45) is 5.31. The fourth-order valence-electron chi connectivity index (χ4n) is 3.11. The van der Waals surface area contributed by atoms with E-state index < -0.39 is 0 Å². The highest BCUT2D eigenvalue weighted by atomic mass is 16.2. The van der Waals surface area contributed by atoms with E-state index in [2.05, 4.69) is 24.0 Å². The average molecular weight is 278 g/mol. The van der Waals surface area contributed by atoms with Gasteiger partial charge < -0.3 is 10.6 Å². The second-order valence-electron chi connectivity index (χ2n) is 5.82. The van der Waals surface area contributed by atoms with Crippen molar-refractivity contribution < 1.29 is 4.79 Å². The molecule has 1 aliphatic rings. The average Bonchev–Trinajstić information content (AvgIpc) is 2.87. The normalized spacial score (nSPS) is 18.2. The highest BCUT2D eigenvalue weighted by Crippen LogP contribution is 2.38. The highest BCUT2D eigenvalue weighted by Gasteiger charge is 2.34. The second-order valence-corrected chi connectivity index (χ2v) is 5.82. The number of nitrogens with one attached hydrogen (secondary N) is 1. The van der Waals surface area contributed by atoms with Crippen molar-refractivity contribution in [3.63, 3.8) is 0 Å². The summed E-state index contributed by atoms with van der Waals surface area (Å²) in [4.78, 5) is 14.4. The molecule has 0 radical (unpaired) electrons. The monoisotopic (exact) mass is 278 g/mol. The number of aryl methyl sites for hydroxylation is 1. The van der Waals surface area contributed by atoms with Crippen LogP contribution in [-0.2, 0) is 6.42 Å². The van der Waals surface area contributed by atoms with E-state index in [4.69, 9.17) is 5.73 Å². The Bertz CT molecular complexity index is 466. The summed E-state index contributed by atoms with van der Waals surface area (Å²) >= 11 is 0. The molecule has 2 heterocycles. The number of carbonyl (C=O) groups is 1. The van der Waals surface area contributed by atoms with Crippen LogP contribution in [-0.4, -0.2) is 34.1 Å². The number of carbonyl (C=O) groups excluding carboxylic acids is 1. The third kappa shape index (κ3) is 2.53. The van der Waals surface area contributed by atoms with E-state index >= 15 is 0 Å². The molecule has 1 amide bonds. The quantitative estimate of drug-likeness (QED) is 0.889. The predicted molar refractivity (Wildman–Crippen MR) is 80.5 cm³/mol. The van der Waals surface area contributed by atoms with Crippen LogP contribution in [0.15, 0.2) is 0 Å². The number of likely N-dealkylation sites (tertiary alicyclic amines) is 1. The number of aromatic nitrogens is 2. The fourth-order valence-corrected chi connectivity index (χ4v) is 3.11. The molecule has 3 N–H and O–H groups in total. The van der Waals surface area contributed by atoms with Gasteiger partial charge in [-0.05, 0) is 24.7 Å². The first-order valence-corrected chi connectivity index (χ1v) is 7.69. The number of H-pyrrole nitrogens is 1. The Morgan fingerprint density at radius 3 is 2.35 bits per heavy atom. The van der Waals surface area contributed by atoms with E-state index in [0.29, 0.717) is 16.8 Å². The van der Waals surface area contributed by atoms with Crippen LogP contribution in [0.3, 0.4) is 0 Å². The molecule has 1 aliphatic heterocycles. The summed E-state index contributed by atoms with van der Waals surface area (Å²) in [5.74, 6) is -0.0285. The van der Waals surface area contributed by atoms with Crippen LogP contribution in [0.4, 0.5) is 5.69 Å². The van der Waals surface area contributed by atoms with Crippen LogP contribution < -0.4 is 5.73 Å². The standard InChI is InChI=1S/C15H26N4O/c1-4-11-12(16)13(18-17-11)14(20)19-9-7-15(5-2,6-3)8-10-19/h4-10,16H2,1-3H3,(H,17,18). The van der Waals surface area contributed by atoms with Gasteiger partial charge in [-0.15, -0.1) is 0 Å². The van der Waals surface area contributed by atoms with Crippen molar-refractivity contribution >= 4 is 11.6 Å². The van der Waals surface area contributed by atoms with Gasteiger partial charge in [0.2, 0.25) is 0 Å². The number of nitrogens with zero attached hydrogens (tertiary/aromatic N) is 2. The third-order valence-electron chi connectivity index (χ3n) is 5.05. The Labute approximate surface area is 120 Å². The van der Waals surface area contributed by atoms with Gasteiger partial charge in [-0.1, -0.05) is 33.6 Å². The molecule has 5 heteroatoms. The lowest BCUT2D eigenvalue weighted by Crippen LogP contribution is -2.43. The number of rotatable bonds is 4. The SMILES string of the molecule is CCc1[nH]nc(C(=O)N2CCC(CC)(CC)CC2)c1N. The number of hydrogen-bond acceptors (Lipinski definition) is 3. The fraction of sp³-hybridized carbons (Fsp3) is 0.733. The van der Waals surface area contributed by atoms with Crippen molar-refractivity contribution in [2.45, 2.75) is 52.9 Å². The summed E-state index contributed by atoms with van der Waals surface area (Å²) < 4.78 is 0. The first-order valence-electron chi connectivity index (χ1n) is 7.69. The summed E-state index contributed by atoms with van der Waals surface area (Å²) in [7, 11) is 0. The van der Waals surface area contributed by atoms with Gasteiger partial charge in [0.25, 0.3) is 5.91 Å². The minimum atomic E-state index is -0.0285. The molecule has 2 rings (SSSR count). The van der Waals surface area contributed by atoms with E-state index in [9.17, 15) is 4.79 Å². The molecular formula is C15H26N4O. The maximum Gasteiger partial charge on any atom is 0.276 e. The molecule has 5 nitrogen and oxygen atoms in total. The zero-order chi connectivity index (χ0) is 14.8. The van der Waals surface area contributed by atoms with Crippen molar-refractivity contribution in [3.05, 3.63) is 11.4 Å². The predicted octanol–water partition coefficient (Wildman–Crippen LogP) is 2.60. The summed E-state index contributed by atoms with van der Waals surface area (Å²) in [6, 6.07) is 0. The highest BCUT2D eigenvalue weighted by molar-refractivity contribution is 5.97. The van der Waals surface area contributed by atoms with Crippen LogP contribution in [0.2, 0.25) is 0 Å². The largest absolute Gasteiger partial charge is 0.395 e. The van der Waals surface area contributed by atoms with E-state index in [-0.39, 0.29) is 5.91 Å². The van der Waals surface area contributed by atoms with Crippen LogP contribution in [0, 0.1) is 5.41 Å². The Balaban J connectivity index is 2.07. The zero-order valence-corrected chi connectivity index (χ0v) is 12.8. The molecule has 0 aromatic carbocycles. The smallest absolute Gasteiger partial charge is 0.276 e. The lowest BCUT2D eigenvalue weighted by Gasteiger charge is -2.40. The molecule has 1 fully saturated rings. The number of nitrogens with two attached hydrogens (primary N) is 1. The number of amides is 1. The van der Waals surface area contributed by atoms with Gasteiger partial charge in [0.05, 0.1) is 11.4 Å².